The summed E-state index contributed by atoms with van der Waals surface area (Å²) in [7, 11) is 0. The Balaban J connectivity index is 0. The van der Waals surface area contributed by atoms with Crippen LogP contribution < -0.4 is 118 Å². The first kappa shape index (κ1) is 20.4. The summed E-state index contributed by atoms with van der Waals surface area (Å²) in [6.45, 7) is 6.63. The Hall–Kier alpha value is 1.11. The van der Waals surface area contributed by atoms with Gasteiger partial charge in [-0.05, 0) is 12.1 Å². The first-order valence-electron chi connectivity index (χ1n) is 4.28. The third kappa shape index (κ3) is 7.32. The molecule has 0 saturated heterocycles. The molecule has 0 saturated carbocycles. The minimum absolute atomic E-state index is 0. The monoisotopic (exact) mass is 280 g/mol. The van der Waals surface area contributed by atoms with E-state index in [0.29, 0.717) is 0 Å². The van der Waals surface area contributed by atoms with E-state index in [2.05, 4.69) is 13.2 Å². The molecule has 1 aromatic carbocycles. The maximum atomic E-state index is 11.3. The fourth-order valence-electron chi connectivity index (χ4n) is 0.944. The van der Waals surface area contributed by atoms with Crippen LogP contribution in [0.4, 0.5) is 0 Å². The van der Waals surface area contributed by atoms with Crippen molar-refractivity contribution < 1.29 is 118 Å². The number of para-hydroxylation sites is 2. The number of hydrogen-bond donors (Lipinski definition) is 0. The Morgan fingerprint density at radius 2 is 1.82 bits per heavy atom. The van der Waals surface area contributed by atoms with Crippen molar-refractivity contribution >= 4 is 0 Å². The van der Waals surface area contributed by atoms with Crippen molar-refractivity contribution in [2.75, 3.05) is 0 Å². The van der Waals surface area contributed by atoms with Crippen molar-refractivity contribution in [2.24, 2.45) is 0 Å². The summed E-state index contributed by atoms with van der Waals surface area (Å²) in [5.41, 5.74) is 0. The second-order valence-corrected chi connectivity index (χ2v) is 2.74. The average Bonchev–Trinajstić information content (AvgIpc) is 2.20. The van der Waals surface area contributed by atoms with E-state index < -0.39 is 5.76 Å². The molecule has 0 amide bonds. The van der Waals surface area contributed by atoms with Crippen LogP contribution in [0.5, 0.6) is 11.5 Å². The number of benzene rings is 1. The summed E-state index contributed by atoms with van der Waals surface area (Å²) in [4.78, 5) is 0. The van der Waals surface area contributed by atoms with Gasteiger partial charge < -0.3 is 14.9 Å². The summed E-state index contributed by atoms with van der Waals surface area (Å²) in [6, 6.07) is 6.09. The molecule has 0 aromatic heterocycles. The van der Waals surface area contributed by atoms with Crippen molar-refractivity contribution in [3.05, 3.63) is 61.1 Å². The summed E-state index contributed by atoms with van der Waals surface area (Å²) in [6.07, 6.45) is 2.76. The molecule has 0 N–H and O–H groups in total. The molecular formula is C12H10K2O3. The average molecular weight is 280 g/mol. The molecule has 0 atom stereocenters. The predicted octanol–water partition coefficient (Wildman–Crippen LogP) is -4.91. The van der Waals surface area contributed by atoms with E-state index >= 15 is 0 Å². The molecule has 78 valence electrons. The number of allylic oxidation sites excluding steroid dienone is 2. The zero-order valence-corrected chi connectivity index (χ0v) is 16.3. The van der Waals surface area contributed by atoms with Gasteiger partial charge in [-0.2, -0.15) is 0 Å². The van der Waals surface area contributed by atoms with Crippen LogP contribution in [-0.4, -0.2) is 0 Å². The van der Waals surface area contributed by atoms with Gasteiger partial charge in [0.15, 0.2) is 0 Å². The summed E-state index contributed by atoms with van der Waals surface area (Å²) >= 11 is 0. The van der Waals surface area contributed by atoms with E-state index in [9.17, 15) is 10.2 Å². The second-order valence-electron chi connectivity index (χ2n) is 2.74. The van der Waals surface area contributed by atoms with Gasteiger partial charge in [0.25, 0.3) is 0 Å². The topological polar surface area (TPSA) is 55.3 Å². The van der Waals surface area contributed by atoms with Gasteiger partial charge in [-0.15, -0.1) is 6.58 Å². The van der Waals surface area contributed by atoms with Crippen molar-refractivity contribution in [1.29, 1.82) is 0 Å². The van der Waals surface area contributed by atoms with Gasteiger partial charge in [-0.1, -0.05) is 42.4 Å². The molecule has 0 aliphatic carbocycles. The molecule has 5 heteroatoms. The second kappa shape index (κ2) is 11.0. The zero-order chi connectivity index (χ0) is 11.3. The number of ether oxygens (including phenoxy) is 1. The third-order valence-corrected chi connectivity index (χ3v) is 1.61. The van der Waals surface area contributed by atoms with Crippen LogP contribution >= 0.6 is 0 Å². The van der Waals surface area contributed by atoms with Crippen molar-refractivity contribution in [3.8, 4) is 11.5 Å². The van der Waals surface area contributed by atoms with Crippen LogP contribution in [0.15, 0.2) is 61.1 Å². The van der Waals surface area contributed by atoms with Gasteiger partial charge in [0.1, 0.15) is 11.5 Å². The fourth-order valence-corrected chi connectivity index (χ4v) is 0.944. The SMILES string of the molecule is C=C/C=C(/Oc1ccccc1[O-])C(=C)[O-].[K+].[K+]. The van der Waals surface area contributed by atoms with Crippen molar-refractivity contribution in [2.45, 2.75) is 0 Å². The Bertz CT molecular complexity index is 414. The molecule has 17 heavy (non-hydrogen) atoms. The van der Waals surface area contributed by atoms with E-state index in [4.69, 9.17) is 4.74 Å². The van der Waals surface area contributed by atoms with Crippen LogP contribution in [0.3, 0.4) is 0 Å². The summed E-state index contributed by atoms with van der Waals surface area (Å²) in [5, 5.41) is 22.3. The normalized spacial score (nSPS) is 9.53. The van der Waals surface area contributed by atoms with E-state index in [0.717, 1.165) is 0 Å². The standard InChI is InChI=1S/C12H12O3.2K/c1-3-6-11(9(2)13)15-12-8-5-4-7-10(12)14;;/h3-8,13-14H,1-2H2;;/q;2*+1/p-2/b11-6+;;. The smallest absolute Gasteiger partial charge is 0.870 e. The van der Waals surface area contributed by atoms with Crippen LogP contribution in [0.2, 0.25) is 0 Å². The van der Waals surface area contributed by atoms with Gasteiger partial charge >= 0.3 is 103 Å². The van der Waals surface area contributed by atoms with Crippen LogP contribution in [0.1, 0.15) is 0 Å². The fraction of sp³-hybridized carbons (Fsp3) is 0. The molecule has 0 bridgehead atoms. The van der Waals surface area contributed by atoms with Gasteiger partial charge in [0.2, 0.25) is 0 Å². The van der Waals surface area contributed by atoms with Gasteiger partial charge in [0, 0.05) is 0 Å². The molecule has 0 aliphatic heterocycles. The molecule has 0 unspecified atom stereocenters. The number of hydrogen-bond acceptors (Lipinski definition) is 3. The van der Waals surface area contributed by atoms with E-state index in [-0.39, 0.29) is 120 Å². The first-order valence-corrected chi connectivity index (χ1v) is 4.28. The molecular weight excluding hydrogens is 270 g/mol. The summed E-state index contributed by atoms with van der Waals surface area (Å²) < 4.78 is 5.11. The van der Waals surface area contributed by atoms with E-state index in [1.807, 2.05) is 0 Å². The van der Waals surface area contributed by atoms with Gasteiger partial charge in [-0.25, -0.2) is 0 Å². The molecule has 1 aromatic rings. The summed E-state index contributed by atoms with van der Waals surface area (Å²) in [5.74, 6) is -0.692. The minimum atomic E-state index is -0.502. The Kier molecular flexibility index (Phi) is 13.2. The van der Waals surface area contributed by atoms with Crippen LogP contribution in [-0.2, 0) is 0 Å². The third-order valence-electron chi connectivity index (χ3n) is 1.61. The van der Waals surface area contributed by atoms with Gasteiger partial charge in [-0.3, -0.25) is 0 Å². The maximum absolute atomic E-state index is 11.3. The molecule has 3 nitrogen and oxygen atoms in total. The Morgan fingerprint density at radius 1 is 1.24 bits per heavy atom. The minimum Gasteiger partial charge on any atom is -0.870 e. The van der Waals surface area contributed by atoms with E-state index in [1.165, 1.54) is 24.3 Å². The van der Waals surface area contributed by atoms with Crippen LogP contribution in [0, 0.1) is 0 Å². The Labute approximate surface area is 186 Å². The quantitative estimate of drug-likeness (QED) is 0.316. The molecule has 0 fully saturated rings. The predicted molar refractivity (Wildman–Crippen MR) is 53.9 cm³/mol. The first-order chi connectivity index (χ1) is 7.15. The van der Waals surface area contributed by atoms with Crippen molar-refractivity contribution in [3.63, 3.8) is 0 Å². The molecule has 0 radical (unpaired) electrons. The Morgan fingerprint density at radius 3 is 2.29 bits per heavy atom. The van der Waals surface area contributed by atoms with Gasteiger partial charge in [0.05, 0.1) is 0 Å². The number of rotatable bonds is 4. The molecule has 0 aliphatic rings. The van der Waals surface area contributed by atoms with Crippen molar-refractivity contribution in [1.82, 2.24) is 0 Å². The molecule has 1 rings (SSSR count). The van der Waals surface area contributed by atoms with Crippen LogP contribution in [0.25, 0.3) is 0 Å². The maximum Gasteiger partial charge on any atom is 1.00 e. The molecule has 0 heterocycles. The van der Waals surface area contributed by atoms with E-state index in [1.54, 1.807) is 12.1 Å². The molecule has 0 spiro atoms. The largest absolute Gasteiger partial charge is 1.00 e. The zero-order valence-electron chi connectivity index (χ0n) is 10.1.